The highest BCUT2D eigenvalue weighted by molar-refractivity contribution is 5.92. The molecule has 1 aromatic rings. The summed E-state index contributed by atoms with van der Waals surface area (Å²) in [4.78, 5) is 12.8. The fourth-order valence-corrected chi connectivity index (χ4v) is 1.88. The zero-order valence-electron chi connectivity index (χ0n) is 9.74. The summed E-state index contributed by atoms with van der Waals surface area (Å²) >= 11 is 0. The van der Waals surface area contributed by atoms with Crippen LogP contribution < -0.4 is 0 Å². The first-order valence-electron chi connectivity index (χ1n) is 5.62. The van der Waals surface area contributed by atoms with Gasteiger partial charge in [-0.05, 0) is 25.7 Å². The van der Waals surface area contributed by atoms with Gasteiger partial charge < -0.3 is 4.90 Å². The number of rotatable bonds is 4. The Balaban J connectivity index is 2.15. The molecule has 1 aliphatic rings. The maximum absolute atomic E-state index is 12.5. The summed E-state index contributed by atoms with van der Waals surface area (Å²) in [6.45, 7) is 0.387. The smallest absolute Gasteiger partial charge is 0.325 e. The van der Waals surface area contributed by atoms with E-state index >= 15 is 0 Å². The average molecular weight is 262 g/mol. The van der Waals surface area contributed by atoms with Gasteiger partial charge in [0, 0.05) is 6.04 Å². The van der Waals surface area contributed by atoms with Crippen LogP contribution in [0.1, 0.15) is 30.3 Å². The van der Waals surface area contributed by atoms with Crippen molar-refractivity contribution < 1.29 is 18.0 Å². The number of carbonyl (C=O) groups is 1. The van der Waals surface area contributed by atoms with E-state index in [1.165, 1.54) is 0 Å². The second kappa shape index (κ2) is 4.58. The first-order valence-corrected chi connectivity index (χ1v) is 5.62. The lowest BCUT2D eigenvalue weighted by Crippen LogP contribution is -2.45. The van der Waals surface area contributed by atoms with Gasteiger partial charge in [-0.15, -0.1) is 0 Å². The van der Waals surface area contributed by atoms with E-state index in [-0.39, 0.29) is 11.6 Å². The molecule has 1 N–H and O–H groups in total. The van der Waals surface area contributed by atoms with Crippen LogP contribution >= 0.6 is 0 Å². The van der Waals surface area contributed by atoms with Crippen molar-refractivity contribution in [3.8, 4) is 0 Å². The molecule has 0 radical (unpaired) electrons. The quantitative estimate of drug-likeness (QED) is 0.896. The number of H-pyrrole nitrogens is 1. The fraction of sp³-hybridized carbons (Fsp3) is 0.700. The predicted octanol–water partition coefficient (Wildman–Crippen LogP) is 1.61. The van der Waals surface area contributed by atoms with E-state index in [9.17, 15) is 18.0 Å². The van der Waals surface area contributed by atoms with E-state index in [0.717, 1.165) is 23.9 Å². The molecular formula is C10H13F3N4O. The van der Waals surface area contributed by atoms with Crippen LogP contribution in [0.3, 0.4) is 0 Å². The molecule has 8 heteroatoms. The van der Waals surface area contributed by atoms with Gasteiger partial charge in [0.15, 0.2) is 5.69 Å². The predicted molar refractivity (Wildman–Crippen MR) is 55.7 cm³/mol. The number of aromatic nitrogens is 3. The maximum Gasteiger partial charge on any atom is 0.406 e. The number of hydrogen-bond donors (Lipinski definition) is 1. The van der Waals surface area contributed by atoms with Crippen molar-refractivity contribution in [2.75, 3.05) is 6.54 Å². The van der Waals surface area contributed by atoms with Crippen LogP contribution in [0.15, 0.2) is 6.20 Å². The Hall–Kier alpha value is -1.60. The van der Waals surface area contributed by atoms with Gasteiger partial charge in [0.1, 0.15) is 6.54 Å². The van der Waals surface area contributed by atoms with Crippen LogP contribution in [-0.4, -0.2) is 45.0 Å². The fourth-order valence-electron chi connectivity index (χ4n) is 1.88. The normalized spacial score (nSPS) is 17.6. The zero-order chi connectivity index (χ0) is 13.3. The van der Waals surface area contributed by atoms with Crippen molar-refractivity contribution in [2.24, 2.45) is 5.92 Å². The lowest BCUT2D eigenvalue weighted by atomic mass is 10.1. The van der Waals surface area contributed by atoms with E-state index in [4.69, 9.17) is 0 Å². The Morgan fingerprint density at radius 3 is 2.72 bits per heavy atom. The maximum atomic E-state index is 12.5. The molecule has 18 heavy (non-hydrogen) atoms. The van der Waals surface area contributed by atoms with E-state index in [0.29, 0.717) is 0 Å². The number of carbonyl (C=O) groups excluding carboxylic acids is 1. The minimum atomic E-state index is -4.41. The van der Waals surface area contributed by atoms with Crippen molar-refractivity contribution in [3.05, 3.63) is 11.9 Å². The van der Waals surface area contributed by atoms with Gasteiger partial charge >= 0.3 is 6.18 Å². The number of aromatic amines is 1. The minimum Gasteiger partial charge on any atom is -0.325 e. The molecule has 1 fully saturated rings. The number of hydrogen-bond acceptors (Lipinski definition) is 3. The van der Waals surface area contributed by atoms with Gasteiger partial charge in [-0.3, -0.25) is 4.79 Å². The van der Waals surface area contributed by atoms with E-state index < -0.39 is 24.7 Å². The average Bonchev–Trinajstić information content (AvgIpc) is 2.98. The van der Waals surface area contributed by atoms with Crippen LogP contribution in [0.25, 0.3) is 0 Å². The molecule has 1 aromatic heterocycles. The summed E-state index contributed by atoms with van der Waals surface area (Å²) in [5.41, 5.74) is -0.0910. The Kier molecular flexibility index (Phi) is 3.27. The molecule has 100 valence electrons. The lowest BCUT2D eigenvalue weighted by Gasteiger charge is -2.29. The van der Waals surface area contributed by atoms with Crippen molar-refractivity contribution in [2.45, 2.75) is 32.0 Å². The molecule has 5 nitrogen and oxygen atoms in total. The van der Waals surface area contributed by atoms with Gasteiger partial charge in [0.2, 0.25) is 0 Å². The van der Waals surface area contributed by atoms with Gasteiger partial charge in [0.05, 0.1) is 6.20 Å². The Morgan fingerprint density at radius 2 is 2.28 bits per heavy atom. The molecule has 1 unspecified atom stereocenters. The first-order chi connectivity index (χ1) is 8.38. The third-order valence-electron chi connectivity index (χ3n) is 3.04. The second-order valence-electron chi connectivity index (χ2n) is 4.48. The minimum absolute atomic E-state index is 0.0910. The molecular weight excluding hydrogens is 249 g/mol. The highest BCUT2D eigenvalue weighted by atomic mass is 19.4. The third-order valence-corrected chi connectivity index (χ3v) is 3.04. The van der Waals surface area contributed by atoms with Crippen LogP contribution in [0, 0.1) is 5.92 Å². The van der Waals surface area contributed by atoms with Crippen LogP contribution in [0.4, 0.5) is 13.2 Å². The summed E-state index contributed by atoms with van der Waals surface area (Å²) in [7, 11) is 0. The van der Waals surface area contributed by atoms with Crippen molar-refractivity contribution >= 4 is 5.91 Å². The largest absolute Gasteiger partial charge is 0.406 e. The molecule has 0 bridgehead atoms. The van der Waals surface area contributed by atoms with Crippen LogP contribution in [0.5, 0.6) is 0 Å². The monoisotopic (exact) mass is 262 g/mol. The standard InChI is InChI=1S/C10H13F3N4O/c1-6(7-2-3-7)17(5-10(11,12)13)9(18)8-4-14-16-15-8/h4,6-7H,2-3,5H2,1H3,(H,14,15,16). The van der Waals surface area contributed by atoms with E-state index in [1.54, 1.807) is 6.92 Å². The van der Waals surface area contributed by atoms with Crippen molar-refractivity contribution in [3.63, 3.8) is 0 Å². The third kappa shape index (κ3) is 2.99. The number of nitrogens with zero attached hydrogens (tertiary/aromatic N) is 3. The molecule has 1 amide bonds. The van der Waals surface area contributed by atoms with Crippen molar-refractivity contribution in [1.82, 2.24) is 20.3 Å². The Morgan fingerprint density at radius 1 is 1.61 bits per heavy atom. The van der Waals surface area contributed by atoms with Gasteiger partial charge in [-0.2, -0.15) is 28.6 Å². The number of nitrogens with one attached hydrogen (secondary N) is 1. The van der Waals surface area contributed by atoms with Crippen LogP contribution in [-0.2, 0) is 0 Å². The summed E-state index contributed by atoms with van der Waals surface area (Å²) in [6.07, 6.45) is -1.56. The molecule has 0 saturated heterocycles. The van der Waals surface area contributed by atoms with Crippen molar-refractivity contribution in [1.29, 1.82) is 0 Å². The summed E-state index contributed by atoms with van der Waals surface area (Å²) in [6, 6.07) is -0.434. The summed E-state index contributed by atoms with van der Waals surface area (Å²) < 4.78 is 37.5. The molecule has 1 heterocycles. The summed E-state index contributed by atoms with van der Waals surface area (Å²) in [5.74, 6) is -0.580. The van der Waals surface area contributed by atoms with E-state index in [1.807, 2.05) is 0 Å². The molecule has 1 atom stereocenters. The van der Waals surface area contributed by atoms with Gasteiger partial charge in [-0.1, -0.05) is 0 Å². The SMILES string of the molecule is CC(C1CC1)N(CC(F)(F)F)C(=O)c1cn[nH]n1. The van der Waals surface area contributed by atoms with Gasteiger partial charge in [0.25, 0.3) is 5.91 Å². The summed E-state index contributed by atoms with van der Waals surface area (Å²) in [5, 5.41) is 9.20. The highest BCUT2D eigenvalue weighted by Gasteiger charge is 2.41. The number of amides is 1. The molecule has 0 aromatic carbocycles. The number of halogens is 3. The van der Waals surface area contributed by atoms with E-state index in [2.05, 4.69) is 15.4 Å². The topological polar surface area (TPSA) is 61.9 Å². The molecule has 1 aliphatic carbocycles. The zero-order valence-corrected chi connectivity index (χ0v) is 9.74. The van der Waals surface area contributed by atoms with Gasteiger partial charge in [-0.25, -0.2) is 0 Å². The molecule has 1 saturated carbocycles. The Bertz CT molecular complexity index is 413. The number of alkyl halides is 3. The molecule has 2 rings (SSSR count). The molecule has 0 aliphatic heterocycles. The second-order valence-corrected chi connectivity index (χ2v) is 4.48. The van der Waals surface area contributed by atoms with Crippen LogP contribution in [0.2, 0.25) is 0 Å². The lowest BCUT2D eigenvalue weighted by molar-refractivity contribution is -0.144. The molecule has 0 spiro atoms. The highest BCUT2D eigenvalue weighted by Crippen LogP contribution is 2.36. The first kappa shape index (κ1) is 12.8. The Labute approximate surface area is 101 Å².